The number of aliphatic hydroxyl groups excluding tert-OH is 3. The molecule has 1 saturated heterocycles. The molecule has 3 rings (SSSR count). The van der Waals surface area contributed by atoms with E-state index < -0.39 is 59.8 Å². The molecule has 1 amide bonds. The summed E-state index contributed by atoms with van der Waals surface area (Å²) in [6, 6.07) is 14.3. The first-order valence-electron chi connectivity index (χ1n) is 11.9. The molecule has 0 radical (unpaired) electrons. The third-order valence-electron chi connectivity index (χ3n) is 5.84. The van der Waals surface area contributed by atoms with Gasteiger partial charge in [0.05, 0.1) is 18.8 Å². The molecule has 0 aliphatic carbocycles. The molecule has 206 valence electrons. The van der Waals surface area contributed by atoms with Crippen LogP contribution >= 0.6 is 11.8 Å². The van der Waals surface area contributed by atoms with Crippen LogP contribution in [0, 0.1) is 0 Å². The van der Waals surface area contributed by atoms with Crippen molar-refractivity contribution in [2.75, 3.05) is 12.3 Å². The minimum atomic E-state index is -1.89. The summed E-state index contributed by atoms with van der Waals surface area (Å²) in [7, 11) is 0. The van der Waals surface area contributed by atoms with Crippen molar-refractivity contribution in [3.63, 3.8) is 0 Å². The Bertz CT molecular complexity index is 1100. The van der Waals surface area contributed by atoms with Gasteiger partial charge in [-0.15, -0.1) is 0 Å². The third-order valence-corrected chi connectivity index (χ3v) is 7.11. The summed E-state index contributed by atoms with van der Waals surface area (Å²) in [6.45, 7) is 1.45. The van der Waals surface area contributed by atoms with Gasteiger partial charge in [0, 0.05) is 30.9 Å². The fourth-order valence-corrected chi connectivity index (χ4v) is 5.30. The zero-order valence-corrected chi connectivity index (χ0v) is 21.8. The van der Waals surface area contributed by atoms with Gasteiger partial charge in [-0.3, -0.25) is 9.59 Å². The van der Waals surface area contributed by atoms with Crippen LogP contribution in [0.5, 0.6) is 0 Å². The summed E-state index contributed by atoms with van der Waals surface area (Å²) in [5, 5.41) is 34.5. The summed E-state index contributed by atoms with van der Waals surface area (Å²) in [5.41, 5.74) is 7.00. The van der Waals surface area contributed by atoms with Crippen LogP contribution in [-0.2, 0) is 35.2 Å². The molecule has 0 bridgehead atoms. The molecule has 1 fully saturated rings. The largest absolute Gasteiger partial charge is 0.458 e. The van der Waals surface area contributed by atoms with Gasteiger partial charge in [-0.05, 0) is 29.8 Å². The molecule has 38 heavy (non-hydrogen) atoms. The predicted molar refractivity (Wildman–Crippen MR) is 137 cm³/mol. The lowest BCUT2D eigenvalue weighted by Gasteiger charge is -2.47. The zero-order chi connectivity index (χ0) is 27.9. The second-order valence-electron chi connectivity index (χ2n) is 8.89. The Morgan fingerprint density at radius 3 is 2.39 bits per heavy atom. The van der Waals surface area contributed by atoms with Crippen molar-refractivity contribution in [3.8, 4) is 0 Å². The highest BCUT2D eigenvalue weighted by Gasteiger charge is 2.56. The number of carbonyl (C=O) groups excluding carboxylic acids is 3. The van der Waals surface area contributed by atoms with Gasteiger partial charge in [0.25, 0.3) is 0 Å². The SMILES string of the molecule is CC(=O)N[C@H]1[C@H]([C@H](O)[C@@H](CO)OC(C)=O)O[C@@](Sc2ccc(N)cc2)(C(=O)OCc2ccccc2)C[C@@H]1O. The van der Waals surface area contributed by atoms with E-state index in [9.17, 15) is 29.7 Å². The van der Waals surface area contributed by atoms with Crippen molar-refractivity contribution in [3.05, 3.63) is 60.2 Å². The van der Waals surface area contributed by atoms with E-state index in [4.69, 9.17) is 19.9 Å². The number of thioether (sulfide) groups is 1. The molecule has 0 spiro atoms. The molecule has 1 aliphatic rings. The Balaban J connectivity index is 2.00. The normalized spacial score (nSPS) is 24.6. The van der Waals surface area contributed by atoms with E-state index in [1.165, 1.54) is 6.92 Å². The summed E-state index contributed by atoms with van der Waals surface area (Å²) in [5.74, 6) is -2.15. The van der Waals surface area contributed by atoms with Crippen LogP contribution in [0.4, 0.5) is 5.69 Å². The van der Waals surface area contributed by atoms with E-state index in [-0.39, 0.29) is 13.0 Å². The summed E-state index contributed by atoms with van der Waals surface area (Å²) in [6.07, 6.45) is -6.39. The number of carbonyl (C=O) groups is 3. The number of ether oxygens (including phenoxy) is 3. The van der Waals surface area contributed by atoms with E-state index in [1.807, 2.05) is 6.07 Å². The van der Waals surface area contributed by atoms with Crippen LogP contribution in [-0.4, -0.2) is 75.2 Å². The van der Waals surface area contributed by atoms with Crippen LogP contribution in [0.3, 0.4) is 0 Å². The highest BCUT2D eigenvalue weighted by Crippen LogP contribution is 2.45. The molecule has 2 aromatic carbocycles. The summed E-state index contributed by atoms with van der Waals surface area (Å²) in [4.78, 5) is 35.8. The molecular weight excluding hydrogens is 516 g/mol. The number of aliphatic hydroxyl groups is 3. The first-order chi connectivity index (χ1) is 18.0. The maximum atomic E-state index is 13.6. The van der Waals surface area contributed by atoms with Gasteiger partial charge in [0.1, 0.15) is 18.8 Å². The van der Waals surface area contributed by atoms with E-state index >= 15 is 0 Å². The van der Waals surface area contributed by atoms with Crippen LogP contribution in [0.15, 0.2) is 59.5 Å². The lowest BCUT2D eigenvalue weighted by molar-refractivity contribution is -0.213. The number of anilines is 1. The van der Waals surface area contributed by atoms with Gasteiger partial charge >= 0.3 is 11.9 Å². The monoisotopic (exact) mass is 548 g/mol. The smallest absolute Gasteiger partial charge is 0.349 e. The van der Waals surface area contributed by atoms with Gasteiger partial charge in [-0.2, -0.15) is 0 Å². The molecule has 0 aromatic heterocycles. The topological polar surface area (TPSA) is 178 Å². The molecule has 0 saturated carbocycles. The van der Waals surface area contributed by atoms with Crippen molar-refractivity contribution < 1.29 is 43.9 Å². The van der Waals surface area contributed by atoms with Gasteiger partial charge < -0.3 is 40.6 Å². The number of nitrogen functional groups attached to an aromatic ring is 1. The molecular formula is C26H32N2O9S. The molecule has 2 aromatic rings. The van der Waals surface area contributed by atoms with Gasteiger partial charge in [0.2, 0.25) is 10.8 Å². The van der Waals surface area contributed by atoms with Crippen LogP contribution in [0.2, 0.25) is 0 Å². The fraction of sp³-hybridized carbons (Fsp3) is 0.423. The Kier molecular flexibility index (Phi) is 10.1. The summed E-state index contributed by atoms with van der Waals surface area (Å²) < 4.78 is 16.8. The second-order valence-corrected chi connectivity index (χ2v) is 10.2. The highest BCUT2D eigenvalue weighted by molar-refractivity contribution is 8.01. The standard InChI is InChI=1S/C26H32N2O9S/c1-15(30)28-22-20(32)12-26(38-19-10-8-18(27)9-11-19,25(34)35-14-17-6-4-3-5-7-17)37-24(22)23(33)21(13-29)36-16(2)31/h3-11,20-24,29,32-33H,12-14,27H2,1-2H3,(H,28,30)/t20-,21+,22+,23+,24+,26-/m0/s1. The number of hydrogen-bond acceptors (Lipinski definition) is 11. The van der Waals surface area contributed by atoms with Crippen molar-refractivity contribution in [1.29, 1.82) is 0 Å². The van der Waals surface area contributed by atoms with Crippen molar-refractivity contribution >= 4 is 35.3 Å². The average Bonchev–Trinajstić information content (AvgIpc) is 2.88. The lowest BCUT2D eigenvalue weighted by atomic mass is 9.89. The number of rotatable bonds is 10. The maximum Gasteiger partial charge on any atom is 0.349 e. The van der Waals surface area contributed by atoms with E-state index in [0.717, 1.165) is 18.7 Å². The third kappa shape index (κ3) is 7.45. The van der Waals surface area contributed by atoms with Gasteiger partial charge in [-0.25, -0.2) is 4.79 Å². The van der Waals surface area contributed by atoms with Crippen molar-refractivity contribution in [2.24, 2.45) is 0 Å². The van der Waals surface area contributed by atoms with Gasteiger partial charge in [0.15, 0.2) is 6.10 Å². The van der Waals surface area contributed by atoms with Crippen LogP contribution < -0.4 is 11.1 Å². The van der Waals surface area contributed by atoms with Crippen molar-refractivity contribution in [1.82, 2.24) is 5.32 Å². The number of nitrogens with one attached hydrogen (secondary N) is 1. The number of hydrogen-bond donors (Lipinski definition) is 5. The molecule has 6 atom stereocenters. The minimum absolute atomic E-state index is 0.0851. The Morgan fingerprint density at radius 1 is 1.16 bits per heavy atom. The fourth-order valence-electron chi connectivity index (χ4n) is 4.10. The lowest BCUT2D eigenvalue weighted by Crippen LogP contribution is -2.66. The van der Waals surface area contributed by atoms with E-state index in [1.54, 1.807) is 48.5 Å². The van der Waals surface area contributed by atoms with Crippen molar-refractivity contribution in [2.45, 2.75) is 67.2 Å². The first-order valence-corrected chi connectivity index (χ1v) is 12.7. The molecule has 0 unspecified atom stereocenters. The number of benzene rings is 2. The van der Waals surface area contributed by atoms with Crippen LogP contribution in [0.1, 0.15) is 25.8 Å². The minimum Gasteiger partial charge on any atom is -0.458 e. The molecule has 1 heterocycles. The zero-order valence-electron chi connectivity index (χ0n) is 21.0. The maximum absolute atomic E-state index is 13.6. The van der Waals surface area contributed by atoms with Crippen LogP contribution in [0.25, 0.3) is 0 Å². The average molecular weight is 549 g/mol. The van der Waals surface area contributed by atoms with Gasteiger partial charge in [-0.1, -0.05) is 42.1 Å². The Morgan fingerprint density at radius 2 is 1.82 bits per heavy atom. The Labute approximate surface area is 224 Å². The molecule has 11 nitrogen and oxygen atoms in total. The molecule has 1 aliphatic heterocycles. The highest BCUT2D eigenvalue weighted by atomic mass is 32.2. The Hall–Kier alpha value is -3.16. The molecule has 6 N–H and O–H groups in total. The quantitative estimate of drug-likeness (QED) is 0.209. The van der Waals surface area contributed by atoms with E-state index in [0.29, 0.717) is 16.1 Å². The predicted octanol–water partition coefficient (Wildman–Crippen LogP) is 0.740. The first kappa shape index (κ1) is 29.4. The molecule has 12 heteroatoms. The number of amides is 1. The summed E-state index contributed by atoms with van der Waals surface area (Å²) >= 11 is 0.937. The number of nitrogens with two attached hydrogens (primary N) is 1. The van der Waals surface area contributed by atoms with E-state index in [2.05, 4.69) is 5.32 Å². The second kappa shape index (κ2) is 13.1. The number of esters is 2.